The second-order valence-electron chi connectivity index (χ2n) is 3.62. The number of aliphatic hydroxyl groups is 3. The van der Waals surface area contributed by atoms with Gasteiger partial charge in [-0.1, -0.05) is 6.08 Å². The van der Waals surface area contributed by atoms with E-state index in [4.69, 9.17) is 20.3 Å². The molecule has 1 saturated heterocycles. The van der Waals surface area contributed by atoms with Gasteiger partial charge in [0.25, 0.3) is 11.7 Å². The second-order valence-corrected chi connectivity index (χ2v) is 3.62. The molecule has 0 aliphatic carbocycles. The number of amides is 1. The molecule has 5 N–H and O–H groups in total. The first-order chi connectivity index (χ1) is 7.96. The van der Waals surface area contributed by atoms with Crippen LogP contribution in [-0.2, 0) is 14.3 Å². The zero-order valence-electron chi connectivity index (χ0n) is 9.15. The largest absolute Gasteiger partial charge is 0.394 e. The first-order valence-corrected chi connectivity index (χ1v) is 5.02. The standard InChI is InChI=1S/C10H16NO6/c1-2-3-16-10(9(11)15)4-6(13)8(14)7(5-12)17-10/h2,4,6-8,12-14H,1,3,5H2,(H2,11,15)/t6-,7-,8+,10?/m1/s1. The van der Waals surface area contributed by atoms with Crippen LogP contribution in [-0.4, -0.2) is 58.5 Å². The van der Waals surface area contributed by atoms with Crippen molar-refractivity contribution >= 4 is 5.91 Å². The fourth-order valence-electron chi connectivity index (χ4n) is 1.50. The van der Waals surface area contributed by atoms with E-state index < -0.39 is 36.6 Å². The molecule has 1 fully saturated rings. The van der Waals surface area contributed by atoms with Crippen molar-refractivity contribution in [1.29, 1.82) is 0 Å². The highest BCUT2D eigenvalue weighted by molar-refractivity contribution is 5.84. The molecule has 1 aliphatic rings. The molecule has 97 valence electrons. The topological polar surface area (TPSA) is 122 Å². The van der Waals surface area contributed by atoms with Crippen molar-refractivity contribution < 1.29 is 29.6 Å². The van der Waals surface area contributed by atoms with Gasteiger partial charge in [-0.25, -0.2) is 0 Å². The molecule has 17 heavy (non-hydrogen) atoms. The molecule has 1 unspecified atom stereocenters. The lowest BCUT2D eigenvalue weighted by Gasteiger charge is -2.42. The fraction of sp³-hybridized carbons (Fsp3) is 0.600. The molecule has 0 spiro atoms. The molecule has 1 rings (SSSR count). The lowest BCUT2D eigenvalue weighted by Crippen LogP contribution is -2.62. The number of aliphatic hydroxyl groups excluding tert-OH is 3. The van der Waals surface area contributed by atoms with E-state index in [9.17, 15) is 15.0 Å². The van der Waals surface area contributed by atoms with Gasteiger partial charge >= 0.3 is 0 Å². The summed E-state index contributed by atoms with van der Waals surface area (Å²) in [7, 11) is 0. The Morgan fingerprint density at radius 2 is 2.29 bits per heavy atom. The van der Waals surface area contributed by atoms with Crippen LogP contribution in [0.4, 0.5) is 0 Å². The Bertz CT molecular complexity index is 297. The third-order valence-corrected chi connectivity index (χ3v) is 2.39. The first-order valence-electron chi connectivity index (χ1n) is 5.02. The van der Waals surface area contributed by atoms with Gasteiger partial charge in [0.2, 0.25) is 0 Å². The van der Waals surface area contributed by atoms with Gasteiger partial charge in [0, 0.05) is 0 Å². The molecule has 7 nitrogen and oxygen atoms in total. The third-order valence-electron chi connectivity index (χ3n) is 2.39. The van der Waals surface area contributed by atoms with Crippen LogP contribution < -0.4 is 5.73 Å². The van der Waals surface area contributed by atoms with E-state index in [-0.39, 0.29) is 6.61 Å². The average molecular weight is 246 g/mol. The summed E-state index contributed by atoms with van der Waals surface area (Å²) in [5.74, 6) is -2.95. The molecule has 1 heterocycles. The third kappa shape index (κ3) is 2.82. The second kappa shape index (κ2) is 5.56. The maximum Gasteiger partial charge on any atom is 0.278 e. The molecule has 7 heteroatoms. The monoisotopic (exact) mass is 246 g/mol. The molecule has 0 aromatic heterocycles. The molecule has 4 atom stereocenters. The highest BCUT2D eigenvalue weighted by atomic mass is 16.7. The lowest BCUT2D eigenvalue weighted by atomic mass is 9.95. The molecule has 0 aromatic rings. The number of hydrogen-bond acceptors (Lipinski definition) is 6. The Morgan fingerprint density at radius 1 is 1.65 bits per heavy atom. The summed E-state index contributed by atoms with van der Waals surface area (Å²) in [5.41, 5.74) is 5.14. The Labute approximate surface area is 98.4 Å². The van der Waals surface area contributed by atoms with Crippen molar-refractivity contribution in [2.75, 3.05) is 13.2 Å². The first kappa shape index (κ1) is 14.1. The lowest BCUT2D eigenvalue weighted by molar-refractivity contribution is -0.276. The number of rotatable bonds is 5. The number of carbonyl (C=O) groups excluding carboxylic acids is 1. The van der Waals surface area contributed by atoms with Gasteiger partial charge in [0.1, 0.15) is 12.2 Å². The van der Waals surface area contributed by atoms with Gasteiger partial charge in [0.05, 0.1) is 25.7 Å². The predicted octanol–water partition coefficient (Wildman–Crippen LogP) is -2.31. The van der Waals surface area contributed by atoms with Crippen LogP contribution in [0.25, 0.3) is 0 Å². The van der Waals surface area contributed by atoms with Crippen LogP contribution in [0, 0.1) is 6.42 Å². The van der Waals surface area contributed by atoms with E-state index in [1.807, 2.05) is 0 Å². The fourth-order valence-corrected chi connectivity index (χ4v) is 1.50. The summed E-state index contributed by atoms with van der Waals surface area (Å²) in [6, 6.07) is 0. The summed E-state index contributed by atoms with van der Waals surface area (Å²) in [4.78, 5) is 11.3. The predicted molar refractivity (Wildman–Crippen MR) is 56.3 cm³/mol. The van der Waals surface area contributed by atoms with Crippen LogP contribution in [0.5, 0.6) is 0 Å². The van der Waals surface area contributed by atoms with E-state index in [0.717, 1.165) is 6.42 Å². The van der Waals surface area contributed by atoms with Crippen LogP contribution >= 0.6 is 0 Å². The van der Waals surface area contributed by atoms with Crippen molar-refractivity contribution in [3.8, 4) is 0 Å². The highest BCUT2D eigenvalue weighted by Gasteiger charge is 2.51. The maximum absolute atomic E-state index is 11.3. The van der Waals surface area contributed by atoms with Gasteiger partial charge in [-0.05, 0) is 0 Å². The Morgan fingerprint density at radius 3 is 2.76 bits per heavy atom. The van der Waals surface area contributed by atoms with E-state index in [2.05, 4.69) is 6.58 Å². The van der Waals surface area contributed by atoms with Crippen molar-refractivity contribution in [3.05, 3.63) is 19.1 Å². The molecule has 1 radical (unpaired) electrons. The zero-order chi connectivity index (χ0) is 13.1. The SMILES string of the molecule is C=CCOC1(C(N)=O)[CH][C@@H](O)[C@H](O)[C@@H](CO)O1. The Balaban J connectivity index is 2.90. The number of primary amides is 1. The minimum absolute atomic E-state index is 0.0413. The van der Waals surface area contributed by atoms with Gasteiger partial charge in [-0.3, -0.25) is 4.79 Å². The van der Waals surface area contributed by atoms with Crippen LogP contribution in [0.1, 0.15) is 0 Å². The molecular formula is C10H16NO6. The van der Waals surface area contributed by atoms with Crippen LogP contribution in [0.15, 0.2) is 12.7 Å². The summed E-state index contributed by atoms with van der Waals surface area (Å²) < 4.78 is 10.2. The number of ether oxygens (including phenoxy) is 2. The van der Waals surface area contributed by atoms with Crippen LogP contribution in [0.3, 0.4) is 0 Å². The van der Waals surface area contributed by atoms with Crippen molar-refractivity contribution in [2.24, 2.45) is 5.73 Å². The molecule has 1 aliphatic heterocycles. The van der Waals surface area contributed by atoms with E-state index in [0.29, 0.717) is 0 Å². The van der Waals surface area contributed by atoms with Gasteiger partial charge < -0.3 is 30.5 Å². The summed E-state index contributed by atoms with van der Waals surface area (Å²) in [5, 5.41) is 28.0. The van der Waals surface area contributed by atoms with Crippen molar-refractivity contribution in [1.82, 2.24) is 0 Å². The van der Waals surface area contributed by atoms with Gasteiger partial charge in [-0.15, -0.1) is 6.58 Å². The Hall–Kier alpha value is -0.990. The molecule has 1 amide bonds. The number of nitrogens with two attached hydrogens (primary N) is 1. The van der Waals surface area contributed by atoms with Crippen molar-refractivity contribution in [2.45, 2.75) is 24.1 Å². The van der Waals surface area contributed by atoms with Crippen LogP contribution in [0.2, 0.25) is 0 Å². The van der Waals surface area contributed by atoms with E-state index in [1.165, 1.54) is 6.08 Å². The summed E-state index contributed by atoms with van der Waals surface area (Å²) in [6.07, 6.45) is -1.58. The number of carbonyl (C=O) groups is 1. The number of hydrogen-bond donors (Lipinski definition) is 4. The van der Waals surface area contributed by atoms with E-state index in [1.54, 1.807) is 0 Å². The van der Waals surface area contributed by atoms with Crippen molar-refractivity contribution in [3.63, 3.8) is 0 Å². The minimum Gasteiger partial charge on any atom is -0.394 e. The molecule has 0 bridgehead atoms. The maximum atomic E-state index is 11.3. The summed E-state index contributed by atoms with van der Waals surface area (Å²) >= 11 is 0. The zero-order valence-corrected chi connectivity index (χ0v) is 9.15. The smallest absolute Gasteiger partial charge is 0.278 e. The average Bonchev–Trinajstić information content (AvgIpc) is 2.30. The molecule has 0 aromatic carbocycles. The summed E-state index contributed by atoms with van der Waals surface area (Å²) in [6.45, 7) is 2.77. The highest BCUT2D eigenvalue weighted by Crippen LogP contribution is 2.29. The molecular weight excluding hydrogens is 230 g/mol. The van der Waals surface area contributed by atoms with Gasteiger partial charge in [0.15, 0.2) is 0 Å². The normalized spacial score (nSPS) is 37.7. The Kier molecular flexibility index (Phi) is 4.61. The van der Waals surface area contributed by atoms with E-state index >= 15 is 0 Å². The van der Waals surface area contributed by atoms with Gasteiger partial charge in [-0.2, -0.15) is 0 Å². The minimum atomic E-state index is -1.97. The molecule has 0 saturated carbocycles. The quantitative estimate of drug-likeness (QED) is 0.404.